The van der Waals surface area contributed by atoms with Crippen molar-refractivity contribution in [3.05, 3.63) is 58.9 Å². The van der Waals surface area contributed by atoms with Gasteiger partial charge in [0.05, 0.1) is 24.9 Å². The summed E-state index contributed by atoms with van der Waals surface area (Å²) >= 11 is 0. The van der Waals surface area contributed by atoms with Crippen LogP contribution in [0.4, 0.5) is 35.1 Å². The number of hydrogen-bond acceptors (Lipinski definition) is 4. The van der Waals surface area contributed by atoms with Crippen molar-refractivity contribution >= 4 is 5.91 Å². The number of alkyl halides is 5. The Bertz CT molecular complexity index is 997. The van der Waals surface area contributed by atoms with E-state index >= 15 is 0 Å². The lowest BCUT2D eigenvalue weighted by Gasteiger charge is -2.24. The Morgan fingerprint density at radius 3 is 2.45 bits per heavy atom. The Balaban J connectivity index is 1.78. The minimum absolute atomic E-state index is 0.256. The second-order valence-electron chi connectivity index (χ2n) is 7.07. The van der Waals surface area contributed by atoms with Crippen molar-refractivity contribution in [3.63, 3.8) is 0 Å². The smallest absolute Gasteiger partial charge is 0.331 e. The summed E-state index contributed by atoms with van der Waals surface area (Å²) in [5.74, 6) is -10.5. The van der Waals surface area contributed by atoms with Gasteiger partial charge in [-0.25, -0.2) is 26.9 Å². The zero-order valence-electron chi connectivity index (χ0n) is 15.4. The predicted octanol–water partition coefficient (Wildman–Crippen LogP) is 3.19. The fourth-order valence-electron chi connectivity index (χ4n) is 3.29. The minimum atomic E-state index is -4.89. The van der Waals surface area contributed by atoms with Gasteiger partial charge < -0.3 is 10.6 Å². The quantitative estimate of drug-likeness (QED) is 0.569. The molecule has 2 N–H and O–H groups in total. The fourth-order valence-corrected chi connectivity index (χ4v) is 3.29. The first kappa shape index (κ1) is 22.8. The van der Waals surface area contributed by atoms with Crippen LogP contribution in [0.2, 0.25) is 0 Å². The first-order valence-electron chi connectivity index (χ1n) is 8.75. The summed E-state index contributed by atoms with van der Waals surface area (Å²) in [6, 6.07) is -0.717. The number of nitrogens with two attached hydrogens (primary N) is 1. The van der Waals surface area contributed by atoms with Crippen LogP contribution in [0.15, 0.2) is 24.5 Å². The van der Waals surface area contributed by atoms with Gasteiger partial charge in [0, 0.05) is 18.7 Å². The summed E-state index contributed by atoms with van der Waals surface area (Å²) in [5.41, 5.74) is 3.06. The number of likely N-dealkylation sites (tertiary alicyclic amines) is 1. The molecule has 1 aliphatic rings. The second kappa shape index (κ2) is 8.02. The molecule has 13 heteroatoms. The summed E-state index contributed by atoms with van der Waals surface area (Å²) in [5, 5.41) is 0. The Labute approximate surface area is 169 Å². The number of rotatable bonds is 4. The molecule has 1 fully saturated rings. The number of amides is 1. The third kappa shape index (κ3) is 4.75. The van der Waals surface area contributed by atoms with Crippen LogP contribution in [0.1, 0.15) is 21.7 Å². The van der Waals surface area contributed by atoms with Crippen LogP contribution in [-0.4, -0.2) is 45.8 Å². The maximum atomic E-state index is 14.5. The normalized spacial score (nSPS) is 19.5. The highest BCUT2D eigenvalue weighted by Gasteiger charge is 2.52. The lowest BCUT2D eigenvalue weighted by Crippen LogP contribution is -2.42. The molecule has 1 aromatic carbocycles. The lowest BCUT2D eigenvalue weighted by molar-refractivity contribution is -0.141. The SMILES string of the molecule is NC(Cc1cc(F)c(F)cc1F)C1CN(C(=O)c2cncc(C(F)(F)F)n2)CC1(F)F. The van der Waals surface area contributed by atoms with Crippen LogP contribution in [0, 0.1) is 23.4 Å². The van der Waals surface area contributed by atoms with E-state index in [4.69, 9.17) is 5.73 Å². The second-order valence-corrected chi connectivity index (χ2v) is 7.07. The van der Waals surface area contributed by atoms with E-state index in [-0.39, 0.29) is 6.07 Å². The number of carbonyl (C=O) groups excluding carboxylic acids is 1. The molecular weight excluding hydrogens is 440 g/mol. The molecule has 1 aromatic heterocycles. The molecule has 0 bridgehead atoms. The van der Waals surface area contributed by atoms with Crippen LogP contribution >= 0.6 is 0 Å². The lowest BCUT2D eigenvalue weighted by atomic mass is 9.91. The monoisotopic (exact) mass is 454 g/mol. The maximum absolute atomic E-state index is 14.5. The average molecular weight is 454 g/mol. The summed E-state index contributed by atoms with van der Waals surface area (Å²) in [7, 11) is 0. The Kier molecular flexibility index (Phi) is 5.91. The van der Waals surface area contributed by atoms with Crippen LogP contribution in [0.25, 0.3) is 0 Å². The molecule has 2 heterocycles. The number of hydrogen-bond donors (Lipinski definition) is 1. The number of aromatic nitrogens is 2. The Morgan fingerprint density at radius 1 is 1.16 bits per heavy atom. The number of carbonyl (C=O) groups is 1. The van der Waals surface area contributed by atoms with E-state index in [1.165, 1.54) is 0 Å². The van der Waals surface area contributed by atoms with Crippen LogP contribution in [-0.2, 0) is 12.6 Å². The van der Waals surface area contributed by atoms with Crippen molar-refractivity contribution < 1.29 is 39.9 Å². The number of benzene rings is 1. The van der Waals surface area contributed by atoms with Gasteiger partial charge in [0.15, 0.2) is 17.3 Å². The predicted molar refractivity (Wildman–Crippen MR) is 89.4 cm³/mol. The first-order valence-corrected chi connectivity index (χ1v) is 8.75. The third-order valence-electron chi connectivity index (χ3n) is 4.85. The van der Waals surface area contributed by atoms with Gasteiger partial charge in [-0.15, -0.1) is 0 Å². The molecule has 31 heavy (non-hydrogen) atoms. The molecule has 1 aliphatic heterocycles. The molecule has 3 rings (SSSR count). The molecule has 0 saturated carbocycles. The molecule has 2 unspecified atom stereocenters. The highest BCUT2D eigenvalue weighted by atomic mass is 19.4. The van der Waals surface area contributed by atoms with E-state index in [2.05, 4.69) is 9.97 Å². The van der Waals surface area contributed by atoms with Gasteiger partial charge >= 0.3 is 6.18 Å². The van der Waals surface area contributed by atoms with Gasteiger partial charge in [-0.3, -0.25) is 9.78 Å². The number of nitrogens with zero attached hydrogens (tertiary/aromatic N) is 3. The van der Waals surface area contributed by atoms with Crippen LogP contribution < -0.4 is 5.73 Å². The molecule has 2 aromatic rings. The largest absolute Gasteiger partial charge is 0.434 e. The van der Waals surface area contributed by atoms with E-state index in [0.29, 0.717) is 23.4 Å². The molecule has 0 aliphatic carbocycles. The Hall–Kier alpha value is -2.83. The summed E-state index contributed by atoms with van der Waals surface area (Å²) in [6.07, 6.45) is -4.39. The zero-order valence-corrected chi connectivity index (χ0v) is 15.4. The molecule has 0 spiro atoms. The van der Waals surface area contributed by atoms with Crippen molar-refractivity contribution in [2.24, 2.45) is 11.7 Å². The summed E-state index contributed by atoms with van der Waals surface area (Å²) < 4.78 is 107. The molecule has 2 atom stereocenters. The zero-order chi connectivity index (χ0) is 23.1. The van der Waals surface area contributed by atoms with Gasteiger partial charge in [0.2, 0.25) is 0 Å². The summed E-state index contributed by atoms with van der Waals surface area (Å²) in [4.78, 5) is 19.4. The third-order valence-corrected chi connectivity index (χ3v) is 4.85. The molecule has 168 valence electrons. The van der Waals surface area contributed by atoms with Crippen molar-refractivity contribution in [1.82, 2.24) is 14.9 Å². The van der Waals surface area contributed by atoms with Crippen molar-refractivity contribution in [1.29, 1.82) is 0 Å². The highest BCUT2D eigenvalue weighted by molar-refractivity contribution is 5.92. The fraction of sp³-hybridized carbons (Fsp3) is 0.389. The summed E-state index contributed by atoms with van der Waals surface area (Å²) in [6.45, 7) is -1.83. The van der Waals surface area contributed by atoms with Gasteiger partial charge in [-0.1, -0.05) is 0 Å². The minimum Gasteiger partial charge on any atom is -0.331 e. The topological polar surface area (TPSA) is 72.1 Å². The van der Waals surface area contributed by atoms with Gasteiger partial charge in [0.25, 0.3) is 11.8 Å². The number of halogens is 8. The van der Waals surface area contributed by atoms with Crippen LogP contribution in [0.5, 0.6) is 0 Å². The van der Waals surface area contributed by atoms with Crippen LogP contribution in [0.3, 0.4) is 0 Å². The van der Waals surface area contributed by atoms with Crippen molar-refractivity contribution in [2.45, 2.75) is 24.6 Å². The van der Waals surface area contributed by atoms with Crippen molar-refractivity contribution in [2.75, 3.05) is 13.1 Å². The van der Waals surface area contributed by atoms with Crippen molar-refractivity contribution in [3.8, 4) is 0 Å². The molecule has 5 nitrogen and oxygen atoms in total. The van der Waals surface area contributed by atoms with Gasteiger partial charge in [0.1, 0.15) is 11.5 Å². The molecule has 1 saturated heterocycles. The first-order chi connectivity index (χ1) is 14.3. The Morgan fingerprint density at radius 2 is 1.81 bits per heavy atom. The van der Waals surface area contributed by atoms with E-state index in [1.807, 2.05) is 0 Å². The van der Waals surface area contributed by atoms with E-state index in [0.717, 1.165) is 0 Å². The van der Waals surface area contributed by atoms with Gasteiger partial charge in [-0.05, 0) is 18.1 Å². The highest BCUT2D eigenvalue weighted by Crippen LogP contribution is 2.36. The van der Waals surface area contributed by atoms with Gasteiger partial charge in [-0.2, -0.15) is 13.2 Å². The standard InChI is InChI=1S/C18H14F8N4O/c19-10-3-12(21)11(20)1-8(10)2-13(27)9-6-30(7-17(9,22)23)16(31)14-4-28-5-15(29-14)18(24,25)26/h1,3-5,9,13H,2,6-7,27H2. The molecular formula is C18H14F8N4O. The van der Waals surface area contributed by atoms with E-state index in [9.17, 15) is 39.9 Å². The van der Waals surface area contributed by atoms with E-state index in [1.54, 1.807) is 0 Å². The molecule has 1 amide bonds. The average Bonchev–Trinajstić information content (AvgIpc) is 3.00. The van der Waals surface area contributed by atoms with E-state index < -0.39 is 83.9 Å². The maximum Gasteiger partial charge on any atom is 0.434 e. The molecule has 0 radical (unpaired) electrons.